The third-order valence-corrected chi connectivity index (χ3v) is 5.34. The predicted molar refractivity (Wildman–Crippen MR) is 118 cm³/mol. The van der Waals surface area contributed by atoms with E-state index in [1.807, 2.05) is 49.4 Å². The van der Waals surface area contributed by atoms with Crippen molar-refractivity contribution in [1.29, 1.82) is 0 Å². The summed E-state index contributed by atoms with van der Waals surface area (Å²) in [6.07, 6.45) is 1.77. The highest BCUT2D eigenvalue weighted by Gasteiger charge is 2.16. The van der Waals surface area contributed by atoms with E-state index in [0.717, 1.165) is 18.4 Å². The molecule has 150 valence electrons. The minimum absolute atomic E-state index is 0.166. The summed E-state index contributed by atoms with van der Waals surface area (Å²) in [5.41, 5.74) is 3.61. The van der Waals surface area contributed by atoms with Crippen molar-refractivity contribution in [2.75, 3.05) is 17.2 Å². The van der Waals surface area contributed by atoms with E-state index in [1.54, 1.807) is 6.92 Å². The van der Waals surface area contributed by atoms with Crippen LogP contribution in [0, 0.1) is 13.8 Å². The van der Waals surface area contributed by atoms with Gasteiger partial charge < -0.3 is 10.6 Å². The van der Waals surface area contributed by atoms with E-state index in [4.69, 9.17) is 0 Å². The van der Waals surface area contributed by atoms with Gasteiger partial charge in [0.1, 0.15) is 4.88 Å². The van der Waals surface area contributed by atoms with E-state index in [9.17, 15) is 9.59 Å². The number of carbonyl (C=O) groups is 2. The number of hydrogen-bond donors (Lipinski definition) is 3. The van der Waals surface area contributed by atoms with Crippen molar-refractivity contribution in [3.8, 4) is 0 Å². The zero-order valence-electron chi connectivity index (χ0n) is 16.5. The summed E-state index contributed by atoms with van der Waals surface area (Å²) in [4.78, 5) is 29.4. The Balaban J connectivity index is 1.49. The van der Waals surface area contributed by atoms with Crippen LogP contribution in [0.3, 0.4) is 0 Å². The Labute approximate surface area is 174 Å². The molecule has 0 saturated heterocycles. The molecule has 0 radical (unpaired) electrons. The molecule has 1 aromatic heterocycles. The van der Waals surface area contributed by atoms with E-state index >= 15 is 0 Å². The largest absolute Gasteiger partial charge is 0.351 e. The van der Waals surface area contributed by atoms with Crippen molar-refractivity contribution in [3.63, 3.8) is 0 Å². The summed E-state index contributed by atoms with van der Waals surface area (Å²) in [6.45, 7) is 4.30. The maximum atomic E-state index is 12.4. The lowest BCUT2D eigenvalue weighted by Crippen LogP contribution is -2.24. The molecule has 0 unspecified atom stereocenters. The number of amides is 3. The number of nitrogens with one attached hydrogen (secondary N) is 3. The van der Waals surface area contributed by atoms with Gasteiger partial charge in [-0.2, -0.15) is 0 Å². The highest BCUT2D eigenvalue weighted by molar-refractivity contribution is 7.17. The highest BCUT2D eigenvalue weighted by atomic mass is 32.1. The van der Waals surface area contributed by atoms with Crippen LogP contribution >= 0.6 is 11.3 Å². The predicted octanol–water partition coefficient (Wildman–Crippen LogP) is 4.77. The number of carbonyl (C=O) groups excluding carboxylic acids is 2. The minimum Gasteiger partial charge on any atom is -0.351 e. The Morgan fingerprint density at radius 1 is 1.00 bits per heavy atom. The number of aromatic nitrogens is 1. The number of urea groups is 1. The molecule has 0 fully saturated rings. The van der Waals surface area contributed by atoms with Gasteiger partial charge in [0.05, 0.1) is 5.69 Å². The molecule has 6 nitrogen and oxygen atoms in total. The molecule has 0 bridgehead atoms. The number of rotatable bonds is 7. The lowest BCUT2D eigenvalue weighted by atomic mass is 10.1. The van der Waals surface area contributed by atoms with Gasteiger partial charge in [-0.05, 0) is 49.9 Å². The van der Waals surface area contributed by atoms with Gasteiger partial charge in [-0.1, -0.05) is 53.8 Å². The van der Waals surface area contributed by atoms with Gasteiger partial charge in [0.2, 0.25) is 0 Å². The summed E-state index contributed by atoms with van der Waals surface area (Å²) in [6, 6.07) is 17.3. The molecule has 3 N–H and O–H groups in total. The maximum Gasteiger partial charge on any atom is 0.325 e. The molecule has 0 saturated carbocycles. The summed E-state index contributed by atoms with van der Waals surface area (Å²) in [5, 5.41) is 8.77. The fourth-order valence-corrected chi connectivity index (χ4v) is 3.74. The second kappa shape index (κ2) is 9.84. The van der Waals surface area contributed by atoms with E-state index in [0.29, 0.717) is 27.9 Å². The minimum atomic E-state index is -0.390. The van der Waals surface area contributed by atoms with Crippen LogP contribution in [0.1, 0.15) is 32.9 Å². The SMILES string of the molecule is Cc1cccc(NC(=O)Nc2nc(C)c(C(=O)NCCCc3ccccc3)s2)c1. The molecule has 3 amide bonds. The zero-order valence-corrected chi connectivity index (χ0v) is 17.3. The van der Waals surface area contributed by atoms with Crippen molar-refractivity contribution in [2.45, 2.75) is 26.7 Å². The number of thiazole rings is 1. The smallest absolute Gasteiger partial charge is 0.325 e. The van der Waals surface area contributed by atoms with Gasteiger partial charge in [-0.15, -0.1) is 0 Å². The number of hydrogen-bond acceptors (Lipinski definition) is 4. The molecule has 0 spiro atoms. The van der Waals surface area contributed by atoms with Crippen LogP contribution in [0.4, 0.5) is 15.6 Å². The number of anilines is 2. The molecule has 3 aromatic rings. The molecule has 29 heavy (non-hydrogen) atoms. The normalized spacial score (nSPS) is 10.4. The lowest BCUT2D eigenvalue weighted by molar-refractivity contribution is 0.0956. The average Bonchev–Trinajstić information content (AvgIpc) is 3.06. The first-order valence-corrected chi connectivity index (χ1v) is 10.3. The molecule has 0 atom stereocenters. The van der Waals surface area contributed by atoms with Crippen LogP contribution in [0.5, 0.6) is 0 Å². The number of nitrogens with zero attached hydrogens (tertiary/aromatic N) is 1. The van der Waals surface area contributed by atoms with E-state index in [1.165, 1.54) is 16.9 Å². The fourth-order valence-electron chi connectivity index (χ4n) is 2.86. The van der Waals surface area contributed by atoms with Crippen molar-refractivity contribution in [3.05, 3.63) is 76.3 Å². The van der Waals surface area contributed by atoms with Crippen molar-refractivity contribution >= 4 is 34.1 Å². The van der Waals surface area contributed by atoms with Gasteiger partial charge in [-0.25, -0.2) is 9.78 Å². The quantitative estimate of drug-likeness (QED) is 0.493. The van der Waals surface area contributed by atoms with Crippen LogP contribution in [0.25, 0.3) is 0 Å². The van der Waals surface area contributed by atoms with Gasteiger partial charge >= 0.3 is 6.03 Å². The Morgan fingerprint density at radius 2 is 1.79 bits per heavy atom. The fraction of sp³-hybridized carbons (Fsp3) is 0.227. The molecule has 0 aliphatic rings. The molecule has 1 heterocycles. The van der Waals surface area contributed by atoms with Crippen molar-refractivity contribution in [1.82, 2.24) is 10.3 Å². The van der Waals surface area contributed by atoms with Gasteiger partial charge in [0.25, 0.3) is 5.91 Å². The van der Waals surface area contributed by atoms with Gasteiger partial charge in [-0.3, -0.25) is 10.1 Å². The molecular formula is C22H24N4O2S. The third kappa shape index (κ3) is 6.15. The van der Waals surface area contributed by atoms with E-state index in [-0.39, 0.29) is 11.9 Å². The molecule has 2 aromatic carbocycles. The van der Waals surface area contributed by atoms with Crippen LogP contribution in [0.15, 0.2) is 54.6 Å². The zero-order chi connectivity index (χ0) is 20.6. The van der Waals surface area contributed by atoms with Crippen LogP contribution in [-0.4, -0.2) is 23.5 Å². The highest BCUT2D eigenvalue weighted by Crippen LogP contribution is 2.23. The van der Waals surface area contributed by atoms with Gasteiger partial charge in [0.15, 0.2) is 5.13 Å². The summed E-state index contributed by atoms with van der Waals surface area (Å²) in [7, 11) is 0. The molecular weight excluding hydrogens is 384 g/mol. The van der Waals surface area contributed by atoms with Crippen molar-refractivity contribution < 1.29 is 9.59 Å². The Morgan fingerprint density at radius 3 is 2.55 bits per heavy atom. The van der Waals surface area contributed by atoms with E-state index in [2.05, 4.69) is 33.1 Å². The van der Waals surface area contributed by atoms with E-state index < -0.39 is 0 Å². The summed E-state index contributed by atoms with van der Waals surface area (Å²) < 4.78 is 0. The monoisotopic (exact) mass is 408 g/mol. The second-order valence-electron chi connectivity index (χ2n) is 6.73. The van der Waals surface area contributed by atoms with Gasteiger partial charge in [0, 0.05) is 12.2 Å². The van der Waals surface area contributed by atoms with Crippen LogP contribution in [0.2, 0.25) is 0 Å². The standard InChI is InChI=1S/C22H24N4O2S/c1-15-8-6-12-18(14-15)25-21(28)26-22-24-16(2)19(29-22)20(27)23-13-7-11-17-9-4-3-5-10-17/h3-6,8-10,12,14H,7,11,13H2,1-2H3,(H,23,27)(H2,24,25,26,28). The Hall–Kier alpha value is -3.19. The molecule has 0 aliphatic carbocycles. The Kier molecular flexibility index (Phi) is 6.97. The lowest BCUT2D eigenvalue weighted by Gasteiger charge is -2.06. The summed E-state index contributed by atoms with van der Waals surface area (Å²) >= 11 is 1.17. The molecule has 0 aliphatic heterocycles. The average molecular weight is 409 g/mol. The van der Waals surface area contributed by atoms with Crippen LogP contribution in [-0.2, 0) is 6.42 Å². The second-order valence-corrected chi connectivity index (χ2v) is 7.73. The number of aryl methyl sites for hydroxylation is 3. The third-order valence-electron chi connectivity index (χ3n) is 4.27. The Bertz CT molecular complexity index is 985. The molecule has 3 rings (SSSR count). The first-order valence-electron chi connectivity index (χ1n) is 9.45. The maximum absolute atomic E-state index is 12.4. The topological polar surface area (TPSA) is 83.1 Å². The first-order chi connectivity index (χ1) is 14.0. The van der Waals surface area contributed by atoms with Crippen molar-refractivity contribution in [2.24, 2.45) is 0 Å². The first kappa shape index (κ1) is 20.5. The summed E-state index contributed by atoms with van der Waals surface area (Å²) in [5.74, 6) is -0.166. The number of benzene rings is 2. The van der Waals surface area contributed by atoms with Crippen LogP contribution < -0.4 is 16.0 Å². The molecule has 7 heteroatoms.